The van der Waals surface area contributed by atoms with Crippen LogP contribution in [-0.4, -0.2) is 35.0 Å². The van der Waals surface area contributed by atoms with E-state index in [2.05, 4.69) is 37.2 Å². The van der Waals surface area contributed by atoms with Crippen LogP contribution in [0.4, 0.5) is 0 Å². The van der Waals surface area contributed by atoms with Gasteiger partial charge in [-0.1, -0.05) is 6.08 Å². The van der Waals surface area contributed by atoms with E-state index in [1.807, 2.05) is 17.8 Å². The first-order valence-electron chi connectivity index (χ1n) is 6.69. The highest BCUT2D eigenvalue weighted by molar-refractivity contribution is 7.44. The molecule has 1 aromatic rings. The molecule has 20 heavy (non-hydrogen) atoms. The van der Waals surface area contributed by atoms with Gasteiger partial charge in [-0.3, -0.25) is 9.13 Å². The zero-order valence-corrected chi connectivity index (χ0v) is 14.1. The van der Waals surface area contributed by atoms with Crippen molar-refractivity contribution < 1.29 is 9.13 Å². The lowest BCUT2D eigenvalue weighted by molar-refractivity contribution is 0.361. The van der Waals surface area contributed by atoms with Crippen LogP contribution in [-0.2, 0) is 16.2 Å². The minimum absolute atomic E-state index is 0.0215. The van der Waals surface area contributed by atoms with Gasteiger partial charge < -0.3 is 9.47 Å². The van der Waals surface area contributed by atoms with Gasteiger partial charge in [0.15, 0.2) is 16.9 Å². The van der Waals surface area contributed by atoms with E-state index in [-0.39, 0.29) is 22.3 Å². The topological polar surface area (TPSA) is 42.3 Å². The summed E-state index contributed by atoms with van der Waals surface area (Å²) in [4.78, 5) is 2.22. The Morgan fingerprint density at radius 2 is 2.15 bits per heavy atom. The molecule has 1 aromatic heterocycles. The summed E-state index contributed by atoms with van der Waals surface area (Å²) in [6, 6.07) is 2.11. The van der Waals surface area contributed by atoms with Crippen molar-refractivity contribution in [2.75, 3.05) is 20.1 Å². The summed E-state index contributed by atoms with van der Waals surface area (Å²) < 4.78 is 23.3. The number of rotatable bonds is 9. The van der Waals surface area contributed by atoms with E-state index < -0.39 is 0 Å². The molecule has 0 radical (unpaired) electrons. The first kappa shape index (κ1) is 17.2. The summed E-state index contributed by atoms with van der Waals surface area (Å²) in [5, 5.41) is -0.245. The summed E-state index contributed by atoms with van der Waals surface area (Å²) in [5.41, 5.74) is 2.52. The fourth-order valence-electron chi connectivity index (χ4n) is 1.91. The summed E-state index contributed by atoms with van der Waals surface area (Å²) in [6.07, 6.45) is 7.99. The van der Waals surface area contributed by atoms with Crippen LogP contribution >= 0.6 is 16.9 Å². The monoisotopic (exact) mass is 312 g/mol. The molecule has 1 rings (SSSR count). The zero-order chi connectivity index (χ0) is 15.0. The highest BCUT2D eigenvalue weighted by Gasteiger charge is 2.08. The Morgan fingerprint density at radius 3 is 2.70 bits per heavy atom. The second-order valence-electron chi connectivity index (χ2n) is 5.05. The number of hydrogen-bond acceptors (Lipinski definition) is 3. The fourth-order valence-corrected chi connectivity index (χ4v) is 2.64. The third-order valence-electron chi connectivity index (χ3n) is 3.24. The molecule has 0 saturated carbocycles. The lowest BCUT2D eigenvalue weighted by atomic mass is 10.1. The van der Waals surface area contributed by atoms with E-state index in [9.17, 15) is 9.13 Å². The Kier molecular flexibility index (Phi) is 7.91. The van der Waals surface area contributed by atoms with Crippen molar-refractivity contribution in [3.8, 4) is 0 Å². The minimum atomic E-state index is -0.245. The Balaban J connectivity index is 2.33. The molecule has 110 valence electrons. The SMILES string of the molecule is C/C(=C\CN(C)CCCC(P=O)P=O)c1ccn(C)c1. The Hall–Kier alpha value is -0.820. The number of nitrogens with zero attached hydrogens (tertiary/aromatic N) is 2. The van der Waals surface area contributed by atoms with Gasteiger partial charge in [-0.25, -0.2) is 0 Å². The molecular formula is C14H22N2O2P2. The van der Waals surface area contributed by atoms with Crippen LogP contribution < -0.4 is 0 Å². The van der Waals surface area contributed by atoms with Crippen molar-refractivity contribution in [3.05, 3.63) is 30.1 Å². The van der Waals surface area contributed by atoms with Crippen molar-refractivity contribution in [1.82, 2.24) is 9.47 Å². The number of allylic oxidation sites excluding steroid dienone is 1. The standard InChI is InChI=1S/C14H22N2O2P2/c1-12(13-7-10-16(3)11-13)6-9-15(2)8-4-5-14(19-17)20-18/h6-7,10-11,14H,4-5,8-9H2,1-3H3/b12-6+. The molecule has 0 bridgehead atoms. The molecule has 0 aromatic carbocycles. The summed E-state index contributed by atoms with van der Waals surface area (Å²) in [7, 11) is 4.04. The van der Waals surface area contributed by atoms with Crippen LogP contribution in [0.15, 0.2) is 24.5 Å². The lowest BCUT2D eigenvalue weighted by Crippen LogP contribution is -2.20. The number of aryl methyl sites for hydroxylation is 1. The highest BCUT2D eigenvalue weighted by Crippen LogP contribution is 2.23. The van der Waals surface area contributed by atoms with E-state index in [4.69, 9.17) is 0 Å². The maximum absolute atomic E-state index is 10.7. The number of likely N-dealkylation sites (N-methyl/N-ethyl adjacent to an activating group) is 1. The van der Waals surface area contributed by atoms with Gasteiger partial charge in [0.2, 0.25) is 0 Å². The van der Waals surface area contributed by atoms with Crippen molar-refractivity contribution in [2.24, 2.45) is 7.05 Å². The molecule has 0 saturated heterocycles. The smallest absolute Gasteiger partial charge is 0.171 e. The molecule has 0 aliphatic rings. The van der Waals surface area contributed by atoms with Gasteiger partial charge in [0, 0.05) is 26.0 Å². The van der Waals surface area contributed by atoms with Gasteiger partial charge >= 0.3 is 0 Å². The van der Waals surface area contributed by atoms with E-state index in [0.717, 1.165) is 25.9 Å². The second-order valence-corrected chi connectivity index (χ2v) is 7.12. The van der Waals surface area contributed by atoms with Crippen LogP contribution in [0.2, 0.25) is 0 Å². The third kappa shape index (κ3) is 6.09. The van der Waals surface area contributed by atoms with Gasteiger partial charge in [-0.05, 0) is 50.6 Å². The van der Waals surface area contributed by atoms with Crippen molar-refractivity contribution in [2.45, 2.75) is 25.2 Å². The molecule has 0 aliphatic carbocycles. The van der Waals surface area contributed by atoms with E-state index in [0.29, 0.717) is 0 Å². The van der Waals surface area contributed by atoms with Crippen molar-refractivity contribution >= 4 is 22.5 Å². The predicted octanol–water partition coefficient (Wildman–Crippen LogP) is 4.05. The molecule has 6 heteroatoms. The molecule has 4 nitrogen and oxygen atoms in total. The lowest BCUT2D eigenvalue weighted by Gasteiger charge is -2.14. The maximum atomic E-state index is 10.7. The highest BCUT2D eigenvalue weighted by atomic mass is 31.1. The maximum Gasteiger partial charge on any atom is 0.171 e. The van der Waals surface area contributed by atoms with Gasteiger partial charge in [0.1, 0.15) is 5.40 Å². The summed E-state index contributed by atoms with van der Waals surface area (Å²) in [5.74, 6) is 0. The van der Waals surface area contributed by atoms with Crippen LogP contribution in [0.1, 0.15) is 25.3 Å². The predicted molar refractivity (Wildman–Crippen MR) is 84.8 cm³/mol. The van der Waals surface area contributed by atoms with Gasteiger partial charge in [0.25, 0.3) is 0 Å². The number of hydrogen-bond donors (Lipinski definition) is 0. The van der Waals surface area contributed by atoms with E-state index in [1.54, 1.807) is 0 Å². The first-order chi connectivity index (χ1) is 9.56. The molecule has 0 unspecified atom stereocenters. The zero-order valence-electron chi connectivity index (χ0n) is 12.3. The molecule has 0 atom stereocenters. The van der Waals surface area contributed by atoms with Crippen LogP contribution in [0.3, 0.4) is 0 Å². The normalized spacial score (nSPS) is 14.3. The van der Waals surface area contributed by atoms with Crippen LogP contribution in [0.25, 0.3) is 5.57 Å². The average molecular weight is 312 g/mol. The second kappa shape index (κ2) is 9.18. The Bertz CT molecular complexity index is 463. The Labute approximate surface area is 124 Å². The molecule has 0 N–H and O–H groups in total. The van der Waals surface area contributed by atoms with Crippen molar-refractivity contribution in [1.29, 1.82) is 0 Å². The fraction of sp³-hybridized carbons (Fsp3) is 0.571. The van der Waals surface area contributed by atoms with Gasteiger partial charge in [-0.2, -0.15) is 0 Å². The van der Waals surface area contributed by atoms with Crippen molar-refractivity contribution in [3.63, 3.8) is 0 Å². The molecule has 0 aliphatic heterocycles. The Morgan fingerprint density at radius 1 is 1.45 bits per heavy atom. The quantitative estimate of drug-likeness (QED) is 0.646. The van der Waals surface area contributed by atoms with E-state index in [1.165, 1.54) is 11.1 Å². The molecule has 1 heterocycles. The molecular weight excluding hydrogens is 290 g/mol. The minimum Gasteiger partial charge on any atom is -0.357 e. The summed E-state index contributed by atoms with van der Waals surface area (Å²) >= 11 is 0. The third-order valence-corrected chi connectivity index (χ3v) is 4.81. The van der Waals surface area contributed by atoms with Crippen LogP contribution in [0, 0.1) is 0 Å². The first-order valence-corrected chi connectivity index (χ1v) is 8.45. The van der Waals surface area contributed by atoms with Gasteiger partial charge in [-0.15, -0.1) is 0 Å². The molecule has 0 fully saturated rings. The summed E-state index contributed by atoms with van der Waals surface area (Å²) in [6.45, 7) is 3.92. The number of aromatic nitrogens is 1. The van der Waals surface area contributed by atoms with E-state index >= 15 is 0 Å². The average Bonchev–Trinajstić information content (AvgIpc) is 2.87. The molecule has 0 amide bonds. The van der Waals surface area contributed by atoms with Crippen LogP contribution in [0.5, 0.6) is 0 Å². The van der Waals surface area contributed by atoms with Gasteiger partial charge in [0.05, 0.1) is 0 Å². The molecule has 0 spiro atoms. The largest absolute Gasteiger partial charge is 0.357 e.